The number of carbonyl (C=O) groups is 1. The average Bonchev–Trinajstić information content (AvgIpc) is 3.04. The third-order valence-electron chi connectivity index (χ3n) is 3.51. The van der Waals surface area contributed by atoms with E-state index in [9.17, 15) is 4.79 Å². The SMILES string of the molecule is COc1cccc(N=C2NC(=O)S/C2=C\c2cnn(C)c2C)c1. The first kappa shape index (κ1) is 15.4. The van der Waals surface area contributed by atoms with Crippen LogP contribution >= 0.6 is 11.8 Å². The largest absolute Gasteiger partial charge is 0.497 e. The topological polar surface area (TPSA) is 68.5 Å². The minimum Gasteiger partial charge on any atom is -0.497 e. The quantitative estimate of drug-likeness (QED) is 0.939. The van der Waals surface area contributed by atoms with Gasteiger partial charge in [0.1, 0.15) is 11.6 Å². The van der Waals surface area contributed by atoms with Crippen molar-refractivity contribution in [3.8, 4) is 5.75 Å². The number of amides is 1. The summed E-state index contributed by atoms with van der Waals surface area (Å²) in [7, 11) is 3.49. The summed E-state index contributed by atoms with van der Waals surface area (Å²) in [6, 6.07) is 7.38. The van der Waals surface area contributed by atoms with Crippen LogP contribution in [0.15, 0.2) is 40.4 Å². The van der Waals surface area contributed by atoms with Gasteiger partial charge in [-0.25, -0.2) is 4.99 Å². The zero-order chi connectivity index (χ0) is 16.4. The van der Waals surface area contributed by atoms with Crippen LogP contribution in [0.4, 0.5) is 10.5 Å². The van der Waals surface area contributed by atoms with Crippen molar-refractivity contribution in [1.82, 2.24) is 15.1 Å². The zero-order valence-electron chi connectivity index (χ0n) is 13.0. The first-order chi connectivity index (χ1) is 11.1. The minimum atomic E-state index is -0.139. The lowest BCUT2D eigenvalue weighted by Gasteiger charge is -2.02. The summed E-state index contributed by atoms with van der Waals surface area (Å²) < 4.78 is 6.99. The van der Waals surface area contributed by atoms with Crippen molar-refractivity contribution in [3.63, 3.8) is 0 Å². The number of nitrogens with one attached hydrogen (secondary N) is 1. The lowest BCUT2D eigenvalue weighted by Crippen LogP contribution is -2.18. The number of hydrogen-bond acceptors (Lipinski definition) is 5. The van der Waals surface area contributed by atoms with Crippen LogP contribution in [0.25, 0.3) is 6.08 Å². The normalized spacial score (nSPS) is 17.8. The van der Waals surface area contributed by atoms with Crippen LogP contribution < -0.4 is 10.1 Å². The molecule has 0 unspecified atom stereocenters. The molecule has 1 aromatic carbocycles. The van der Waals surface area contributed by atoms with E-state index in [4.69, 9.17) is 4.74 Å². The molecule has 1 saturated heterocycles. The van der Waals surface area contributed by atoms with Gasteiger partial charge in [-0.3, -0.25) is 9.48 Å². The second kappa shape index (κ2) is 6.29. The van der Waals surface area contributed by atoms with Gasteiger partial charge in [0, 0.05) is 24.4 Å². The highest BCUT2D eigenvalue weighted by Crippen LogP contribution is 2.29. The molecular formula is C16H16N4O2S. The van der Waals surface area contributed by atoms with Crippen LogP contribution in [0.5, 0.6) is 5.75 Å². The van der Waals surface area contributed by atoms with Crippen LogP contribution in [-0.2, 0) is 7.05 Å². The molecule has 1 aliphatic rings. The number of ether oxygens (including phenoxy) is 1. The molecular weight excluding hydrogens is 312 g/mol. The first-order valence-electron chi connectivity index (χ1n) is 6.99. The Balaban J connectivity index is 1.97. The lowest BCUT2D eigenvalue weighted by atomic mass is 10.2. The highest BCUT2D eigenvalue weighted by Gasteiger charge is 2.24. The Morgan fingerprint density at radius 3 is 2.96 bits per heavy atom. The summed E-state index contributed by atoms with van der Waals surface area (Å²) in [6.45, 7) is 1.98. The van der Waals surface area contributed by atoms with Gasteiger partial charge in [0.25, 0.3) is 5.24 Å². The van der Waals surface area contributed by atoms with E-state index in [0.717, 1.165) is 39.4 Å². The van der Waals surface area contributed by atoms with Gasteiger partial charge < -0.3 is 10.1 Å². The monoisotopic (exact) mass is 328 g/mol. The number of aromatic nitrogens is 2. The number of thioether (sulfide) groups is 1. The van der Waals surface area contributed by atoms with E-state index >= 15 is 0 Å². The summed E-state index contributed by atoms with van der Waals surface area (Å²) in [4.78, 5) is 17.0. The summed E-state index contributed by atoms with van der Waals surface area (Å²) >= 11 is 1.13. The number of rotatable bonds is 3. The fraction of sp³-hybridized carbons (Fsp3) is 0.188. The van der Waals surface area contributed by atoms with Gasteiger partial charge in [0.05, 0.1) is 23.9 Å². The fourth-order valence-electron chi connectivity index (χ4n) is 2.12. The highest BCUT2D eigenvalue weighted by atomic mass is 32.2. The van der Waals surface area contributed by atoms with Crippen LogP contribution in [0, 0.1) is 6.92 Å². The number of amidine groups is 1. The van der Waals surface area contributed by atoms with Crippen molar-refractivity contribution >= 4 is 34.6 Å². The minimum absolute atomic E-state index is 0.139. The third kappa shape index (κ3) is 3.29. The Kier molecular flexibility index (Phi) is 4.20. The molecule has 7 heteroatoms. The predicted molar refractivity (Wildman–Crippen MR) is 92.1 cm³/mol. The number of methoxy groups -OCH3 is 1. The number of aryl methyl sites for hydroxylation is 1. The molecule has 1 amide bonds. The number of hydrogen-bond donors (Lipinski definition) is 1. The molecule has 2 heterocycles. The van der Waals surface area contributed by atoms with E-state index in [1.165, 1.54) is 0 Å². The maximum Gasteiger partial charge on any atom is 0.289 e. The summed E-state index contributed by atoms with van der Waals surface area (Å²) in [5.41, 5.74) is 2.71. The second-order valence-corrected chi connectivity index (χ2v) is 6.01. The molecule has 1 aliphatic heterocycles. The van der Waals surface area contributed by atoms with Crippen LogP contribution in [0.1, 0.15) is 11.3 Å². The number of nitrogens with zero attached hydrogens (tertiary/aromatic N) is 3. The molecule has 0 radical (unpaired) electrons. The zero-order valence-corrected chi connectivity index (χ0v) is 13.8. The van der Waals surface area contributed by atoms with Crippen molar-refractivity contribution in [3.05, 3.63) is 46.6 Å². The molecule has 6 nitrogen and oxygen atoms in total. The summed E-state index contributed by atoms with van der Waals surface area (Å²) in [5, 5.41) is 6.84. The molecule has 1 aromatic heterocycles. The van der Waals surface area contributed by atoms with Crippen molar-refractivity contribution in [2.24, 2.45) is 12.0 Å². The van der Waals surface area contributed by atoms with Gasteiger partial charge in [-0.1, -0.05) is 6.07 Å². The van der Waals surface area contributed by atoms with E-state index in [1.807, 2.05) is 44.3 Å². The van der Waals surface area contributed by atoms with Crippen molar-refractivity contribution < 1.29 is 9.53 Å². The number of carbonyl (C=O) groups excluding carboxylic acids is 1. The molecule has 1 N–H and O–H groups in total. The van der Waals surface area contributed by atoms with Gasteiger partial charge in [-0.15, -0.1) is 0 Å². The molecule has 0 aliphatic carbocycles. The van der Waals surface area contributed by atoms with Gasteiger partial charge in [-0.05, 0) is 36.9 Å². The Labute approximate surface area is 138 Å². The van der Waals surface area contributed by atoms with E-state index in [-0.39, 0.29) is 5.24 Å². The van der Waals surface area contributed by atoms with E-state index in [0.29, 0.717) is 5.84 Å². The maximum atomic E-state index is 11.7. The fourth-order valence-corrected chi connectivity index (χ4v) is 2.85. The first-order valence-corrected chi connectivity index (χ1v) is 7.80. The summed E-state index contributed by atoms with van der Waals surface area (Å²) in [5.74, 6) is 1.26. The molecule has 1 fully saturated rings. The maximum absolute atomic E-state index is 11.7. The smallest absolute Gasteiger partial charge is 0.289 e. The Hall–Kier alpha value is -2.54. The predicted octanol–water partition coefficient (Wildman–Crippen LogP) is 3.26. The van der Waals surface area contributed by atoms with Crippen LogP contribution in [0.3, 0.4) is 0 Å². The van der Waals surface area contributed by atoms with Crippen LogP contribution in [-0.4, -0.2) is 28.0 Å². The van der Waals surface area contributed by atoms with Gasteiger partial charge in [-0.2, -0.15) is 5.10 Å². The van der Waals surface area contributed by atoms with Crippen molar-refractivity contribution in [1.29, 1.82) is 0 Å². The molecule has 23 heavy (non-hydrogen) atoms. The molecule has 0 atom stereocenters. The molecule has 0 bridgehead atoms. The molecule has 118 valence electrons. The molecule has 3 rings (SSSR count). The molecule has 0 spiro atoms. The average molecular weight is 328 g/mol. The second-order valence-electron chi connectivity index (χ2n) is 4.99. The van der Waals surface area contributed by atoms with Gasteiger partial charge >= 0.3 is 0 Å². The lowest BCUT2D eigenvalue weighted by molar-refractivity contribution is 0.265. The van der Waals surface area contributed by atoms with E-state index < -0.39 is 0 Å². The highest BCUT2D eigenvalue weighted by molar-refractivity contribution is 8.18. The Morgan fingerprint density at radius 2 is 2.26 bits per heavy atom. The number of benzene rings is 1. The van der Waals surface area contributed by atoms with E-state index in [2.05, 4.69) is 15.4 Å². The Bertz CT molecular complexity index is 823. The van der Waals surface area contributed by atoms with E-state index in [1.54, 1.807) is 18.0 Å². The van der Waals surface area contributed by atoms with Crippen molar-refractivity contribution in [2.75, 3.05) is 7.11 Å². The summed E-state index contributed by atoms with van der Waals surface area (Å²) in [6.07, 6.45) is 3.69. The number of aliphatic imine (C=N–C) groups is 1. The van der Waals surface area contributed by atoms with Crippen LogP contribution in [0.2, 0.25) is 0 Å². The van der Waals surface area contributed by atoms with Gasteiger partial charge in [0.15, 0.2) is 0 Å². The molecule has 2 aromatic rings. The molecule has 0 saturated carbocycles. The standard InChI is InChI=1S/C16H16N4O2S/c1-10-11(9-17-20(10)2)7-14-15(19-16(21)23-14)18-12-5-4-6-13(8-12)22-3/h4-9H,1-3H3,(H,18,19,21)/b14-7-. The van der Waals surface area contributed by atoms with Gasteiger partial charge in [0.2, 0.25) is 0 Å². The van der Waals surface area contributed by atoms with Crippen molar-refractivity contribution in [2.45, 2.75) is 6.92 Å². The Morgan fingerprint density at radius 1 is 1.43 bits per heavy atom. The third-order valence-corrected chi connectivity index (χ3v) is 4.33.